The Morgan fingerprint density at radius 3 is 2.48 bits per heavy atom. The molecule has 1 fully saturated rings. The second-order valence-electron chi connectivity index (χ2n) is 7.38. The van der Waals surface area contributed by atoms with E-state index in [0.717, 1.165) is 5.56 Å². The Balaban J connectivity index is 1.57. The molecule has 0 bridgehead atoms. The van der Waals surface area contributed by atoms with E-state index in [2.05, 4.69) is 22.4 Å². The lowest BCUT2D eigenvalue weighted by Crippen LogP contribution is -2.35. The van der Waals surface area contributed by atoms with E-state index in [9.17, 15) is 9.59 Å². The highest BCUT2D eigenvalue weighted by molar-refractivity contribution is 5.98. The number of amides is 2. The standard InChI is InChI=1S/C22H27N3O2/c1-16-12-13-23-20(14-16)24-21(26)15-25(2)22(27)19-10-8-18(9-11-19)17-6-4-3-5-7-17/h8-14,17H,3-7,15H2,1-2H3,(H,23,24,26). The highest BCUT2D eigenvalue weighted by Crippen LogP contribution is 2.32. The molecular weight excluding hydrogens is 338 g/mol. The summed E-state index contributed by atoms with van der Waals surface area (Å²) < 4.78 is 0. The molecule has 5 nitrogen and oxygen atoms in total. The van der Waals surface area contributed by atoms with Gasteiger partial charge in [0.05, 0.1) is 6.54 Å². The molecule has 0 aliphatic heterocycles. The minimum atomic E-state index is -0.261. The number of nitrogens with one attached hydrogen (secondary N) is 1. The summed E-state index contributed by atoms with van der Waals surface area (Å²) >= 11 is 0. The van der Waals surface area contributed by atoms with Gasteiger partial charge in [0.15, 0.2) is 0 Å². The summed E-state index contributed by atoms with van der Waals surface area (Å²) in [6.45, 7) is 1.92. The second-order valence-corrected chi connectivity index (χ2v) is 7.38. The number of aryl methyl sites for hydroxylation is 1. The Labute approximate surface area is 160 Å². The minimum absolute atomic E-state index is 0.0150. The first-order valence-electron chi connectivity index (χ1n) is 9.61. The fourth-order valence-corrected chi connectivity index (χ4v) is 3.63. The van der Waals surface area contributed by atoms with Gasteiger partial charge < -0.3 is 10.2 Å². The molecule has 0 radical (unpaired) electrons. The first-order valence-corrected chi connectivity index (χ1v) is 9.61. The maximum atomic E-state index is 12.6. The predicted octanol–water partition coefficient (Wildman–Crippen LogP) is 4.15. The first kappa shape index (κ1) is 19.1. The van der Waals surface area contributed by atoms with Gasteiger partial charge in [0.25, 0.3) is 5.91 Å². The van der Waals surface area contributed by atoms with Gasteiger partial charge in [0.2, 0.25) is 5.91 Å². The molecule has 2 amide bonds. The van der Waals surface area contributed by atoms with Gasteiger partial charge in [-0.25, -0.2) is 4.98 Å². The summed E-state index contributed by atoms with van der Waals surface area (Å²) in [5, 5.41) is 2.73. The Hall–Kier alpha value is -2.69. The van der Waals surface area contributed by atoms with Gasteiger partial charge in [0, 0.05) is 18.8 Å². The van der Waals surface area contributed by atoms with Gasteiger partial charge in [-0.3, -0.25) is 9.59 Å². The van der Waals surface area contributed by atoms with Crippen LogP contribution in [0.1, 0.15) is 59.5 Å². The van der Waals surface area contributed by atoms with Crippen LogP contribution in [-0.2, 0) is 4.79 Å². The molecule has 142 valence electrons. The maximum Gasteiger partial charge on any atom is 0.254 e. The van der Waals surface area contributed by atoms with Crippen LogP contribution in [0.2, 0.25) is 0 Å². The van der Waals surface area contributed by atoms with Gasteiger partial charge >= 0.3 is 0 Å². The van der Waals surface area contributed by atoms with E-state index in [4.69, 9.17) is 0 Å². The van der Waals surface area contributed by atoms with Gasteiger partial charge in [0.1, 0.15) is 5.82 Å². The molecule has 1 saturated carbocycles. The zero-order chi connectivity index (χ0) is 19.2. The Kier molecular flexibility index (Phi) is 6.22. The molecule has 0 spiro atoms. The van der Waals surface area contributed by atoms with Crippen molar-refractivity contribution < 1.29 is 9.59 Å². The molecule has 1 aromatic carbocycles. The van der Waals surface area contributed by atoms with E-state index in [1.165, 1.54) is 42.6 Å². The third-order valence-electron chi connectivity index (χ3n) is 5.14. The average molecular weight is 365 g/mol. The molecule has 1 aromatic heterocycles. The second kappa shape index (κ2) is 8.80. The van der Waals surface area contributed by atoms with Crippen molar-refractivity contribution in [1.82, 2.24) is 9.88 Å². The lowest BCUT2D eigenvalue weighted by molar-refractivity contribution is -0.116. The first-order chi connectivity index (χ1) is 13.0. The molecule has 2 aromatic rings. The van der Waals surface area contributed by atoms with Crippen LogP contribution in [0.5, 0.6) is 0 Å². The molecule has 1 N–H and O–H groups in total. The molecule has 0 atom stereocenters. The highest BCUT2D eigenvalue weighted by Gasteiger charge is 2.18. The van der Waals surface area contributed by atoms with Crippen molar-refractivity contribution in [3.8, 4) is 0 Å². The van der Waals surface area contributed by atoms with Crippen LogP contribution < -0.4 is 5.32 Å². The Morgan fingerprint density at radius 2 is 1.81 bits per heavy atom. The normalized spacial score (nSPS) is 14.6. The number of anilines is 1. The lowest BCUT2D eigenvalue weighted by atomic mass is 9.84. The predicted molar refractivity (Wildman–Crippen MR) is 107 cm³/mol. The lowest BCUT2D eigenvalue weighted by Gasteiger charge is -2.22. The number of carbonyl (C=O) groups excluding carboxylic acids is 2. The van der Waals surface area contributed by atoms with E-state index in [0.29, 0.717) is 17.3 Å². The largest absolute Gasteiger partial charge is 0.332 e. The van der Waals surface area contributed by atoms with Gasteiger partial charge in [-0.1, -0.05) is 31.4 Å². The number of pyridine rings is 1. The topological polar surface area (TPSA) is 62.3 Å². The summed E-state index contributed by atoms with van der Waals surface area (Å²) in [6.07, 6.45) is 8.03. The highest BCUT2D eigenvalue weighted by atomic mass is 16.2. The summed E-state index contributed by atoms with van der Waals surface area (Å²) in [6, 6.07) is 11.5. The van der Waals surface area contributed by atoms with Crippen molar-refractivity contribution in [1.29, 1.82) is 0 Å². The molecular formula is C22H27N3O2. The van der Waals surface area contributed by atoms with Crippen molar-refractivity contribution in [2.75, 3.05) is 18.9 Å². The van der Waals surface area contributed by atoms with Crippen molar-refractivity contribution in [2.45, 2.75) is 44.9 Å². The fraction of sp³-hybridized carbons (Fsp3) is 0.409. The van der Waals surface area contributed by atoms with Crippen molar-refractivity contribution in [3.05, 3.63) is 59.3 Å². The van der Waals surface area contributed by atoms with Crippen LogP contribution in [-0.4, -0.2) is 35.3 Å². The van der Waals surface area contributed by atoms with E-state index in [1.54, 1.807) is 19.3 Å². The van der Waals surface area contributed by atoms with Gasteiger partial charge in [-0.2, -0.15) is 0 Å². The van der Waals surface area contributed by atoms with Crippen LogP contribution in [0.25, 0.3) is 0 Å². The van der Waals surface area contributed by atoms with E-state index >= 15 is 0 Å². The van der Waals surface area contributed by atoms with E-state index in [1.807, 2.05) is 25.1 Å². The number of likely N-dealkylation sites (N-methyl/N-ethyl adjacent to an activating group) is 1. The van der Waals surface area contributed by atoms with Crippen molar-refractivity contribution in [2.24, 2.45) is 0 Å². The average Bonchev–Trinajstić information content (AvgIpc) is 2.68. The number of aromatic nitrogens is 1. The number of hydrogen-bond donors (Lipinski definition) is 1. The maximum absolute atomic E-state index is 12.6. The van der Waals surface area contributed by atoms with Crippen molar-refractivity contribution in [3.63, 3.8) is 0 Å². The summed E-state index contributed by atoms with van der Waals surface area (Å²) in [5.41, 5.74) is 2.94. The number of carbonyl (C=O) groups is 2. The van der Waals surface area contributed by atoms with E-state index in [-0.39, 0.29) is 18.4 Å². The zero-order valence-corrected chi connectivity index (χ0v) is 16.1. The molecule has 3 rings (SSSR count). The Bertz CT molecular complexity index is 795. The molecule has 5 heteroatoms. The van der Waals surface area contributed by atoms with E-state index < -0.39 is 0 Å². The zero-order valence-electron chi connectivity index (χ0n) is 16.1. The van der Waals surface area contributed by atoms with Crippen LogP contribution in [0, 0.1) is 6.92 Å². The molecule has 27 heavy (non-hydrogen) atoms. The number of hydrogen-bond acceptors (Lipinski definition) is 3. The number of benzene rings is 1. The molecule has 1 aliphatic rings. The smallest absolute Gasteiger partial charge is 0.254 e. The molecule has 1 aliphatic carbocycles. The third-order valence-corrected chi connectivity index (χ3v) is 5.14. The van der Waals surface area contributed by atoms with Gasteiger partial charge in [-0.05, 0) is 61.1 Å². The van der Waals surface area contributed by atoms with Crippen LogP contribution in [0.4, 0.5) is 5.82 Å². The SMILES string of the molecule is Cc1ccnc(NC(=O)CN(C)C(=O)c2ccc(C3CCCCC3)cc2)c1. The molecule has 0 unspecified atom stereocenters. The van der Waals surface area contributed by atoms with Crippen molar-refractivity contribution >= 4 is 17.6 Å². The van der Waals surface area contributed by atoms with Crippen LogP contribution in [0.15, 0.2) is 42.6 Å². The molecule has 0 saturated heterocycles. The summed E-state index contributed by atoms with van der Waals surface area (Å²) in [4.78, 5) is 30.3. The van der Waals surface area contributed by atoms with Gasteiger partial charge in [-0.15, -0.1) is 0 Å². The number of rotatable bonds is 5. The summed E-state index contributed by atoms with van der Waals surface area (Å²) in [7, 11) is 1.64. The minimum Gasteiger partial charge on any atom is -0.332 e. The third kappa shape index (κ3) is 5.16. The van der Waals surface area contributed by atoms with Crippen LogP contribution in [0.3, 0.4) is 0 Å². The summed E-state index contributed by atoms with van der Waals surface area (Å²) in [5.74, 6) is 0.700. The fourth-order valence-electron chi connectivity index (χ4n) is 3.63. The molecule has 1 heterocycles. The Morgan fingerprint density at radius 1 is 1.11 bits per heavy atom. The van der Waals surface area contributed by atoms with Crippen LogP contribution >= 0.6 is 0 Å². The quantitative estimate of drug-likeness (QED) is 0.866. The monoisotopic (exact) mass is 365 g/mol. The number of nitrogens with zero attached hydrogens (tertiary/aromatic N) is 2.